The molecule has 24 heavy (non-hydrogen) atoms. The van der Waals surface area contributed by atoms with Crippen molar-refractivity contribution in [2.24, 2.45) is 14.1 Å². The van der Waals surface area contributed by atoms with E-state index in [1.165, 1.54) is 36.2 Å². The van der Waals surface area contributed by atoms with Crippen LogP contribution in [0.5, 0.6) is 0 Å². The molecule has 0 aliphatic carbocycles. The second kappa shape index (κ2) is 6.25. The molecule has 7 nitrogen and oxygen atoms in total. The Labute approximate surface area is 140 Å². The van der Waals surface area contributed by atoms with Gasteiger partial charge in [-0.25, -0.2) is 9.78 Å². The van der Waals surface area contributed by atoms with Crippen LogP contribution in [0.2, 0.25) is 0 Å². The van der Waals surface area contributed by atoms with Crippen LogP contribution in [0.25, 0.3) is 11.3 Å². The highest BCUT2D eigenvalue weighted by molar-refractivity contribution is 7.14. The third-order valence-corrected chi connectivity index (χ3v) is 4.24. The number of anilines is 1. The van der Waals surface area contributed by atoms with Crippen molar-refractivity contribution < 1.29 is 4.79 Å². The molecule has 0 fully saturated rings. The van der Waals surface area contributed by atoms with E-state index in [1.807, 2.05) is 35.7 Å². The van der Waals surface area contributed by atoms with Crippen molar-refractivity contribution in [3.8, 4) is 11.3 Å². The zero-order valence-electron chi connectivity index (χ0n) is 13.0. The van der Waals surface area contributed by atoms with Crippen molar-refractivity contribution in [1.82, 2.24) is 14.1 Å². The highest BCUT2D eigenvalue weighted by Crippen LogP contribution is 2.24. The molecule has 2 heterocycles. The predicted octanol–water partition coefficient (Wildman–Crippen LogP) is 1.46. The molecular weight excluding hydrogens is 328 g/mol. The van der Waals surface area contributed by atoms with Crippen LogP contribution < -0.4 is 16.6 Å². The van der Waals surface area contributed by atoms with Crippen molar-refractivity contribution in [3.05, 3.63) is 68.3 Å². The summed E-state index contributed by atoms with van der Waals surface area (Å²) < 4.78 is 2.08. The fourth-order valence-corrected chi connectivity index (χ4v) is 2.92. The number of carbonyl (C=O) groups excluding carboxylic acids is 1. The van der Waals surface area contributed by atoms with Gasteiger partial charge in [-0.05, 0) is 0 Å². The first kappa shape index (κ1) is 15.9. The summed E-state index contributed by atoms with van der Waals surface area (Å²) in [5, 5.41) is 4.81. The lowest BCUT2D eigenvalue weighted by molar-refractivity contribution is 0.102. The maximum absolute atomic E-state index is 12.3. The molecule has 2 aromatic heterocycles. The Balaban J connectivity index is 1.88. The summed E-state index contributed by atoms with van der Waals surface area (Å²) in [4.78, 5) is 40.4. The number of aryl methyl sites for hydroxylation is 1. The summed E-state index contributed by atoms with van der Waals surface area (Å²) in [6.45, 7) is 0. The third-order valence-electron chi connectivity index (χ3n) is 3.49. The lowest BCUT2D eigenvalue weighted by Crippen LogP contribution is -2.40. The van der Waals surface area contributed by atoms with E-state index in [2.05, 4.69) is 10.3 Å². The topological polar surface area (TPSA) is 86.0 Å². The largest absolute Gasteiger partial charge is 0.330 e. The fourth-order valence-electron chi connectivity index (χ4n) is 2.20. The van der Waals surface area contributed by atoms with Gasteiger partial charge in [0.2, 0.25) is 0 Å². The lowest BCUT2D eigenvalue weighted by atomic mass is 10.2. The molecule has 1 amide bonds. The average molecular weight is 342 g/mol. The molecular formula is C16H14N4O3S. The van der Waals surface area contributed by atoms with Gasteiger partial charge in [-0.1, -0.05) is 30.3 Å². The molecule has 1 N–H and O–H groups in total. The van der Waals surface area contributed by atoms with E-state index in [-0.39, 0.29) is 5.56 Å². The van der Waals surface area contributed by atoms with Crippen LogP contribution in [0.4, 0.5) is 5.13 Å². The van der Waals surface area contributed by atoms with Gasteiger partial charge in [-0.15, -0.1) is 11.3 Å². The van der Waals surface area contributed by atoms with Crippen molar-refractivity contribution in [2.45, 2.75) is 0 Å². The van der Waals surface area contributed by atoms with E-state index in [1.54, 1.807) is 0 Å². The molecule has 0 atom stereocenters. The maximum atomic E-state index is 12.3. The maximum Gasteiger partial charge on any atom is 0.330 e. The van der Waals surface area contributed by atoms with E-state index >= 15 is 0 Å². The molecule has 0 aliphatic heterocycles. The molecule has 0 saturated heterocycles. The number of benzene rings is 1. The molecule has 0 radical (unpaired) electrons. The Hall–Kier alpha value is -3.00. The van der Waals surface area contributed by atoms with Crippen molar-refractivity contribution in [3.63, 3.8) is 0 Å². The second-order valence-electron chi connectivity index (χ2n) is 5.16. The van der Waals surface area contributed by atoms with Gasteiger partial charge in [-0.3, -0.25) is 19.5 Å². The Morgan fingerprint density at radius 1 is 1.17 bits per heavy atom. The van der Waals surface area contributed by atoms with E-state index in [9.17, 15) is 14.4 Å². The minimum Gasteiger partial charge on any atom is -0.303 e. The zero-order valence-corrected chi connectivity index (χ0v) is 13.8. The summed E-state index contributed by atoms with van der Waals surface area (Å²) in [6.07, 6.45) is 1.23. The van der Waals surface area contributed by atoms with Gasteiger partial charge < -0.3 is 4.57 Å². The molecule has 0 aliphatic rings. The molecule has 8 heteroatoms. The summed E-state index contributed by atoms with van der Waals surface area (Å²) in [7, 11) is 2.81. The van der Waals surface area contributed by atoms with E-state index in [0.717, 1.165) is 15.8 Å². The fraction of sp³-hybridized carbons (Fsp3) is 0.125. The van der Waals surface area contributed by atoms with Gasteiger partial charge in [0.05, 0.1) is 5.69 Å². The van der Waals surface area contributed by atoms with Crippen LogP contribution in [0.15, 0.2) is 51.5 Å². The smallest absolute Gasteiger partial charge is 0.303 e. The van der Waals surface area contributed by atoms with Gasteiger partial charge in [0.15, 0.2) is 5.13 Å². The molecule has 3 aromatic rings. The van der Waals surface area contributed by atoms with Gasteiger partial charge in [0.1, 0.15) is 5.56 Å². The summed E-state index contributed by atoms with van der Waals surface area (Å²) in [6, 6.07) is 9.56. The normalized spacial score (nSPS) is 10.6. The molecule has 0 saturated carbocycles. The Bertz CT molecular complexity index is 1020. The minimum absolute atomic E-state index is 0.115. The molecule has 0 unspecified atom stereocenters. The number of nitrogens with one attached hydrogen (secondary N) is 1. The Kier molecular flexibility index (Phi) is 4.13. The SMILES string of the molecule is Cn1cc(C(=O)Nc2nc(-c3ccccc3)cs2)c(=O)n(C)c1=O. The number of thiazole rings is 1. The van der Waals surface area contributed by atoms with Gasteiger partial charge in [0.25, 0.3) is 11.5 Å². The van der Waals surface area contributed by atoms with Crippen molar-refractivity contribution >= 4 is 22.4 Å². The molecule has 3 rings (SSSR count). The molecule has 0 bridgehead atoms. The zero-order chi connectivity index (χ0) is 17.3. The van der Waals surface area contributed by atoms with Gasteiger partial charge in [-0.2, -0.15) is 0 Å². The highest BCUT2D eigenvalue weighted by Gasteiger charge is 2.16. The van der Waals surface area contributed by atoms with Crippen LogP contribution in [-0.4, -0.2) is 20.0 Å². The van der Waals surface area contributed by atoms with Crippen LogP contribution >= 0.6 is 11.3 Å². The number of rotatable bonds is 3. The second-order valence-corrected chi connectivity index (χ2v) is 6.02. The first-order valence-electron chi connectivity index (χ1n) is 7.06. The van der Waals surface area contributed by atoms with Crippen molar-refractivity contribution in [2.75, 3.05) is 5.32 Å². The van der Waals surface area contributed by atoms with Crippen LogP contribution in [0.1, 0.15) is 10.4 Å². The lowest BCUT2D eigenvalue weighted by Gasteiger charge is -2.06. The number of aromatic nitrogens is 3. The first-order chi connectivity index (χ1) is 11.5. The third kappa shape index (κ3) is 2.91. The van der Waals surface area contributed by atoms with E-state index < -0.39 is 17.2 Å². The highest BCUT2D eigenvalue weighted by atomic mass is 32.1. The van der Waals surface area contributed by atoms with Crippen LogP contribution in [0, 0.1) is 0 Å². The minimum atomic E-state index is -0.643. The Morgan fingerprint density at radius 2 is 1.88 bits per heavy atom. The monoisotopic (exact) mass is 342 g/mol. The first-order valence-corrected chi connectivity index (χ1v) is 7.94. The van der Waals surface area contributed by atoms with Crippen LogP contribution in [0.3, 0.4) is 0 Å². The van der Waals surface area contributed by atoms with Crippen molar-refractivity contribution in [1.29, 1.82) is 0 Å². The standard InChI is InChI=1S/C16H14N4O3S/c1-19-8-11(14(22)20(2)16(19)23)13(21)18-15-17-12(9-24-15)10-6-4-3-5-7-10/h3-9H,1-2H3,(H,17,18,21). The van der Waals surface area contributed by atoms with E-state index in [0.29, 0.717) is 5.13 Å². The molecule has 1 aromatic carbocycles. The van der Waals surface area contributed by atoms with Gasteiger partial charge >= 0.3 is 5.69 Å². The number of hydrogen-bond acceptors (Lipinski definition) is 5. The number of amides is 1. The summed E-state index contributed by atoms with van der Waals surface area (Å²) in [5.41, 5.74) is 0.431. The van der Waals surface area contributed by atoms with E-state index in [4.69, 9.17) is 0 Å². The quantitative estimate of drug-likeness (QED) is 0.781. The average Bonchev–Trinajstić information content (AvgIpc) is 3.05. The Morgan fingerprint density at radius 3 is 2.58 bits per heavy atom. The summed E-state index contributed by atoms with van der Waals surface area (Å²) >= 11 is 1.26. The van der Waals surface area contributed by atoms with Gasteiger partial charge in [0, 0.05) is 31.2 Å². The molecule has 122 valence electrons. The number of nitrogens with zero attached hydrogens (tertiary/aromatic N) is 3. The molecule has 0 spiro atoms. The van der Waals surface area contributed by atoms with Crippen LogP contribution in [-0.2, 0) is 14.1 Å². The predicted molar refractivity (Wildman–Crippen MR) is 92.4 cm³/mol. The number of hydrogen-bond donors (Lipinski definition) is 1. The summed E-state index contributed by atoms with van der Waals surface area (Å²) in [5.74, 6) is -0.597. The number of carbonyl (C=O) groups is 1.